The van der Waals surface area contributed by atoms with Crippen LogP contribution >= 0.6 is 11.6 Å². The molecule has 3 heterocycles. The molecule has 6 nitrogen and oxygen atoms in total. The number of hydrogen-bond donors (Lipinski definition) is 0. The van der Waals surface area contributed by atoms with Crippen molar-refractivity contribution in [2.24, 2.45) is 5.41 Å². The van der Waals surface area contributed by atoms with E-state index in [0.29, 0.717) is 5.88 Å². The minimum Gasteiger partial charge on any atom is -0.496 e. The quantitative estimate of drug-likeness (QED) is 0.548. The Morgan fingerprint density at radius 1 is 1.21 bits per heavy atom. The van der Waals surface area contributed by atoms with Crippen molar-refractivity contribution in [1.29, 1.82) is 0 Å². The number of carbonyl (C=O) groups is 1. The van der Waals surface area contributed by atoms with E-state index in [9.17, 15) is 4.79 Å². The largest absolute Gasteiger partial charge is 0.496 e. The molecule has 0 bridgehead atoms. The molecule has 178 valence electrons. The maximum absolute atomic E-state index is 13.2. The van der Waals surface area contributed by atoms with Crippen molar-refractivity contribution in [1.82, 2.24) is 14.9 Å². The van der Waals surface area contributed by atoms with Crippen LogP contribution in [0.5, 0.6) is 5.75 Å². The topological polar surface area (TPSA) is 58.6 Å². The molecule has 1 unspecified atom stereocenters. The molecule has 33 heavy (non-hydrogen) atoms. The van der Waals surface area contributed by atoms with Crippen LogP contribution in [0.25, 0.3) is 0 Å². The van der Waals surface area contributed by atoms with Crippen LogP contribution in [-0.4, -0.2) is 53.4 Å². The zero-order valence-corrected chi connectivity index (χ0v) is 21.0. The van der Waals surface area contributed by atoms with Gasteiger partial charge in [0, 0.05) is 36.8 Å². The number of benzene rings is 1. The van der Waals surface area contributed by atoms with Crippen molar-refractivity contribution < 1.29 is 9.53 Å². The van der Waals surface area contributed by atoms with E-state index in [1.807, 2.05) is 30.9 Å². The number of hydrogen-bond acceptors (Lipinski definition) is 5. The number of aromatic nitrogens is 2. The number of likely N-dealkylation sites (tertiary alicyclic amines) is 1. The van der Waals surface area contributed by atoms with E-state index >= 15 is 0 Å². The number of aryl methyl sites for hydroxylation is 1. The second kappa shape index (κ2) is 9.88. The maximum Gasteiger partial charge on any atom is 0.230 e. The second-order valence-corrected chi connectivity index (χ2v) is 10.1. The van der Waals surface area contributed by atoms with Gasteiger partial charge in [-0.05, 0) is 64.5 Å². The minimum atomic E-state index is -0.589. The van der Waals surface area contributed by atoms with E-state index in [4.69, 9.17) is 26.3 Å². The van der Waals surface area contributed by atoms with Crippen LogP contribution < -0.4 is 9.64 Å². The lowest BCUT2D eigenvalue weighted by atomic mass is 9.94. The van der Waals surface area contributed by atoms with Crippen molar-refractivity contribution in [2.75, 3.05) is 37.5 Å². The predicted octanol–water partition coefficient (Wildman–Crippen LogP) is 4.72. The molecule has 2 aromatic rings. The Labute approximate surface area is 202 Å². The van der Waals surface area contributed by atoms with E-state index in [1.54, 1.807) is 7.11 Å². The van der Waals surface area contributed by atoms with E-state index in [1.165, 1.54) is 11.1 Å². The van der Waals surface area contributed by atoms with Crippen LogP contribution in [-0.2, 0) is 17.6 Å². The zero-order valence-electron chi connectivity index (χ0n) is 20.2. The number of nitrogens with zero attached hydrogens (tertiary/aromatic N) is 4. The molecule has 0 N–H and O–H groups in total. The number of methoxy groups -OCH3 is 1. The molecule has 0 saturated carbocycles. The Morgan fingerprint density at radius 2 is 2.00 bits per heavy atom. The first-order valence-corrected chi connectivity index (χ1v) is 12.5. The molecule has 1 atom stereocenters. The van der Waals surface area contributed by atoms with Gasteiger partial charge in [-0.25, -0.2) is 9.97 Å². The van der Waals surface area contributed by atoms with Crippen LogP contribution in [0, 0.1) is 12.3 Å². The van der Waals surface area contributed by atoms with Crippen LogP contribution in [0.1, 0.15) is 61.8 Å². The molecule has 0 radical (unpaired) electrons. The van der Waals surface area contributed by atoms with Crippen LogP contribution in [0.4, 0.5) is 5.82 Å². The van der Waals surface area contributed by atoms with Crippen LogP contribution in [0.3, 0.4) is 0 Å². The monoisotopic (exact) mass is 470 g/mol. The minimum absolute atomic E-state index is 0.0815. The van der Waals surface area contributed by atoms with Gasteiger partial charge in [-0.1, -0.05) is 18.2 Å². The van der Waals surface area contributed by atoms with Gasteiger partial charge in [-0.15, -0.1) is 11.6 Å². The first-order valence-electron chi connectivity index (χ1n) is 12.0. The molecule has 0 spiro atoms. The summed E-state index contributed by atoms with van der Waals surface area (Å²) in [6, 6.07) is 8.11. The molecule has 2 aliphatic rings. The smallest absolute Gasteiger partial charge is 0.230 e. The van der Waals surface area contributed by atoms with E-state index in [-0.39, 0.29) is 11.9 Å². The number of para-hydroxylation sites is 1. The second-order valence-electron chi connectivity index (χ2n) is 9.80. The first-order chi connectivity index (χ1) is 15.9. The molecule has 1 aromatic heterocycles. The fourth-order valence-electron chi connectivity index (χ4n) is 4.96. The van der Waals surface area contributed by atoms with Crippen molar-refractivity contribution in [3.63, 3.8) is 0 Å². The van der Waals surface area contributed by atoms with Gasteiger partial charge in [0.1, 0.15) is 11.6 Å². The number of alkyl halides is 1. The summed E-state index contributed by atoms with van der Waals surface area (Å²) in [6.45, 7) is 8.49. The number of carbonyl (C=O) groups excluding carboxylic acids is 1. The standard InChI is InChI=1S/C26H35ClN4O2/c1-18-20-10-7-14-30(16-13-19-9-5-6-12-22(19)33-4)24(20)29-23(28-18)21-11-8-15-31(21)25(32)26(2,3)17-27/h5-6,9,12,21H,7-8,10-11,13-17H2,1-4H3. The number of anilines is 1. The third-order valence-electron chi connectivity index (χ3n) is 6.93. The lowest BCUT2D eigenvalue weighted by Crippen LogP contribution is -2.42. The van der Waals surface area contributed by atoms with Gasteiger partial charge in [0.25, 0.3) is 0 Å². The summed E-state index contributed by atoms with van der Waals surface area (Å²) < 4.78 is 5.54. The summed E-state index contributed by atoms with van der Waals surface area (Å²) in [7, 11) is 1.72. The molecule has 1 fully saturated rings. The molecule has 2 aliphatic heterocycles. The normalized spacial score (nSPS) is 18.4. The van der Waals surface area contributed by atoms with Gasteiger partial charge in [0.2, 0.25) is 5.91 Å². The van der Waals surface area contributed by atoms with Gasteiger partial charge in [-0.2, -0.15) is 0 Å². The zero-order chi connectivity index (χ0) is 23.6. The number of fused-ring (bicyclic) bond motifs is 1. The Balaban J connectivity index is 1.60. The third kappa shape index (κ3) is 4.81. The highest BCUT2D eigenvalue weighted by Crippen LogP contribution is 2.37. The van der Waals surface area contributed by atoms with Crippen molar-refractivity contribution in [2.45, 2.75) is 58.9 Å². The number of ether oxygens (including phenoxy) is 1. The van der Waals surface area contributed by atoms with Crippen LogP contribution in [0.2, 0.25) is 0 Å². The Hall–Kier alpha value is -2.34. The summed E-state index contributed by atoms with van der Waals surface area (Å²) in [4.78, 5) is 27.5. The number of rotatable bonds is 7. The van der Waals surface area contributed by atoms with Gasteiger partial charge in [-0.3, -0.25) is 4.79 Å². The Kier molecular flexibility index (Phi) is 7.13. The Morgan fingerprint density at radius 3 is 2.76 bits per heavy atom. The van der Waals surface area contributed by atoms with Crippen molar-refractivity contribution in [3.05, 3.63) is 46.9 Å². The molecule has 1 saturated heterocycles. The molecular weight excluding hydrogens is 436 g/mol. The fraction of sp³-hybridized carbons (Fsp3) is 0.577. The predicted molar refractivity (Wildman–Crippen MR) is 132 cm³/mol. The van der Waals surface area contributed by atoms with E-state index < -0.39 is 5.41 Å². The van der Waals surface area contributed by atoms with Gasteiger partial charge in [0.05, 0.1) is 18.6 Å². The average Bonchev–Trinajstić information content (AvgIpc) is 3.32. The molecule has 1 aromatic carbocycles. The Bertz CT molecular complexity index is 1010. The lowest BCUT2D eigenvalue weighted by molar-refractivity contribution is -0.140. The molecular formula is C26H35ClN4O2. The van der Waals surface area contributed by atoms with Gasteiger partial charge in [0.15, 0.2) is 5.82 Å². The molecule has 7 heteroatoms. The van der Waals surface area contributed by atoms with Crippen molar-refractivity contribution in [3.8, 4) is 5.75 Å². The summed E-state index contributed by atoms with van der Waals surface area (Å²) in [5.74, 6) is 3.13. The molecule has 4 rings (SSSR count). The van der Waals surface area contributed by atoms with Gasteiger partial charge < -0.3 is 14.5 Å². The third-order valence-corrected chi connectivity index (χ3v) is 7.60. The maximum atomic E-state index is 13.2. The summed E-state index contributed by atoms with van der Waals surface area (Å²) in [6.07, 6.45) is 4.84. The van der Waals surface area contributed by atoms with Gasteiger partial charge >= 0.3 is 0 Å². The summed E-state index contributed by atoms with van der Waals surface area (Å²) >= 11 is 6.11. The highest BCUT2D eigenvalue weighted by molar-refractivity contribution is 6.19. The SMILES string of the molecule is COc1ccccc1CCN1CCCc2c(C)nc(C3CCCN3C(=O)C(C)(C)CCl)nc21. The average molecular weight is 471 g/mol. The fourth-order valence-corrected chi connectivity index (χ4v) is 5.08. The van der Waals surface area contributed by atoms with E-state index in [2.05, 4.69) is 24.0 Å². The first kappa shape index (κ1) is 23.8. The van der Waals surface area contributed by atoms with Crippen molar-refractivity contribution >= 4 is 23.3 Å². The summed E-state index contributed by atoms with van der Waals surface area (Å²) in [5, 5.41) is 0. The number of amides is 1. The highest BCUT2D eigenvalue weighted by Gasteiger charge is 2.39. The number of halogens is 1. The van der Waals surface area contributed by atoms with Crippen LogP contribution in [0.15, 0.2) is 24.3 Å². The summed E-state index contributed by atoms with van der Waals surface area (Å²) in [5.41, 5.74) is 2.89. The molecule has 1 amide bonds. The lowest BCUT2D eigenvalue weighted by Gasteiger charge is -2.34. The highest BCUT2D eigenvalue weighted by atomic mass is 35.5. The molecule has 0 aliphatic carbocycles. The van der Waals surface area contributed by atoms with E-state index in [0.717, 1.165) is 74.8 Å².